The first-order valence-electron chi connectivity index (χ1n) is 11.1. The van der Waals surface area contributed by atoms with E-state index in [1.807, 2.05) is 12.1 Å². The molecule has 178 valence electrons. The highest BCUT2D eigenvalue weighted by Gasteiger charge is 2.62. The van der Waals surface area contributed by atoms with Crippen LogP contribution in [0.25, 0.3) is 0 Å². The zero-order chi connectivity index (χ0) is 23.1. The lowest BCUT2D eigenvalue weighted by atomic mass is 9.79. The van der Waals surface area contributed by atoms with Crippen LogP contribution >= 0.6 is 11.8 Å². The molecule has 0 radical (unpaired) electrons. The van der Waals surface area contributed by atoms with Gasteiger partial charge in [-0.3, -0.25) is 14.6 Å². The van der Waals surface area contributed by atoms with E-state index >= 15 is 0 Å². The average Bonchev–Trinajstić information content (AvgIpc) is 2.77. The molecule has 0 aromatic carbocycles. The molecular formula is C23H34N2O6S. The second-order valence-electron chi connectivity index (χ2n) is 8.61. The van der Waals surface area contributed by atoms with Crippen LogP contribution in [0.2, 0.25) is 0 Å². The van der Waals surface area contributed by atoms with Crippen molar-refractivity contribution in [1.29, 1.82) is 0 Å². The predicted octanol–water partition coefficient (Wildman–Crippen LogP) is 3.04. The summed E-state index contributed by atoms with van der Waals surface area (Å²) in [6.45, 7) is 3.89. The van der Waals surface area contributed by atoms with Gasteiger partial charge in [0.05, 0.1) is 12.1 Å². The van der Waals surface area contributed by atoms with Gasteiger partial charge in [0.15, 0.2) is 10.7 Å². The van der Waals surface area contributed by atoms with Gasteiger partial charge in [0.25, 0.3) is 5.91 Å². The molecule has 1 aromatic heterocycles. The van der Waals surface area contributed by atoms with Crippen LogP contribution in [0.3, 0.4) is 0 Å². The fourth-order valence-corrected chi connectivity index (χ4v) is 5.26. The summed E-state index contributed by atoms with van der Waals surface area (Å²) in [7, 11) is 3.05. The van der Waals surface area contributed by atoms with Gasteiger partial charge in [0.2, 0.25) is 0 Å². The second kappa shape index (κ2) is 11.4. The number of hydrogen-bond donors (Lipinski definition) is 0. The fourth-order valence-electron chi connectivity index (χ4n) is 4.42. The molecule has 1 aromatic rings. The SMILES string of the molecule is COCO[C@@]1(Cc2cc(O[C@H]3CC[C@H](C)CC3)ccn2)C(=O)N(COC)[C@H]1CSC(C)=O. The highest BCUT2D eigenvalue weighted by atomic mass is 32.2. The lowest BCUT2D eigenvalue weighted by Crippen LogP contribution is -2.77. The van der Waals surface area contributed by atoms with E-state index in [0.29, 0.717) is 11.4 Å². The molecule has 1 aliphatic carbocycles. The summed E-state index contributed by atoms with van der Waals surface area (Å²) in [6.07, 6.45) is 6.63. The van der Waals surface area contributed by atoms with Crippen LogP contribution in [-0.2, 0) is 30.2 Å². The van der Waals surface area contributed by atoms with Crippen molar-refractivity contribution in [2.24, 2.45) is 5.92 Å². The van der Waals surface area contributed by atoms with Crippen LogP contribution in [0.4, 0.5) is 0 Å². The number of nitrogens with zero attached hydrogens (tertiary/aromatic N) is 2. The maximum Gasteiger partial charge on any atom is 0.259 e. The van der Waals surface area contributed by atoms with E-state index < -0.39 is 5.60 Å². The van der Waals surface area contributed by atoms with Crippen LogP contribution in [0.15, 0.2) is 18.3 Å². The maximum atomic E-state index is 13.2. The molecule has 1 amide bonds. The van der Waals surface area contributed by atoms with E-state index in [-0.39, 0.29) is 43.1 Å². The Morgan fingerprint density at radius 1 is 1.25 bits per heavy atom. The number of hydrogen-bond acceptors (Lipinski definition) is 8. The molecule has 0 spiro atoms. The largest absolute Gasteiger partial charge is 0.490 e. The third-order valence-electron chi connectivity index (χ3n) is 6.18. The van der Waals surface area contributed by atoms with Crippen molar-refractivity contribution in [2.75, 3.05) is 33.5 Å². The number of carbonyl (C=O) groups excluding carboxylic acids is 2. The molecule has 2 heterocycles. The summed E-state index contributed by atoms with van der Waals surface area (Å²) >= 11 is 1.17. The molecule has 2 fully saturated rings. The fraction of sp³-hybridized carbons (Fsp3) is 0.696. The van der Waals surface area contributed by atoms with Crippen molar-refractivity contribution in [3.05, 3.63) is 24.0 Å². The Hall–Kier alpha value is -1.68. The first-order chi connectivity index (χ1) is 15.4. The van der Waals surface area contributed by atoms with E-state index in [2.05, 4.69) is 11.9 Å². The normalized spacial score (nSPS) is 27.8. The third-order valence-corrected chi connectivity index (χ3v) is 7.07. The van der Waals surface area contributed by atoms with E-state index in [1.54, 1.807) is 11.1 Å². The molecule has 9 heteroatoms. The Kier molecular flexibility index (Phi) is 8.93. The number of aromatic nitrogens is 1. The molecule has 32 heavy (non-hydrogen) atoms. The Labute approximate surface area is 194 Å². The van der Waals surface area contributed by atoms with Crippen LogP contribution in [-0.4, -0.2) is 72.1 Å². The Morgan fingerprint density at radius 2 is 2.00 bits per heavy atom. The molecule has 0 bridgehead atoms. The van der Waals surface area contributed by atoms with Crippen molar-refractivity contribution >= 4 is 22.8 Å². The van der Waals surface area contributed by atoms with Crippen LogP contribution in [0.5, 0.6) is 5.75 Å². The monoisotopic (exact) mass is 466 g/mol. The number of thioether (sulfide) groups is 1. The smallest absolute Gasteiger partial charge is 0.259 e. The van der Waals surface area contributed by atoms with Gasteiger partial charge in [-0.2, -0.15) is 0 Å². The van der Waals surface area contributed by atoms with Crippen LogP contribution < -0.4 is 4.74 Å². The Bertz CT molecular complexity index is 786. The lowest BCUT2D eigenvalue weighted by Gasteiger charge is -2.54. The Morgan fingerprint density at radius 3 is 2.66 bits per heavy atom. The van der Waals surface area contributed by atoms with Crippen LogP contribution in [0, 0.1) is 5.92 Å². The zero-order valence-corrected chi connectivity index (χ0v) is 20.2. The summed E-state index contributed by atoms with van der Waals surface area (Å²) < 4.78 is 22.5. The van der Waals surface area contributed by atoms with Gasteiger partial charge in [0.1, 0.15) is 19.3 Å². The average molecular weight is 467 g/mol. The maximum absolute atomic E-state index is 13.2. The number of ether oxygens (including phenoxy) is 4. The standard InChI is InChI=1S/C23H34N2O6S/c1-16-5-7-19(8-6-16)31-20-9-10-24-18(11-20)12-23(30-15-29-4)21(13-32-17(2)26)25(14-28-3)22(23)27/h9-11,16,19,21H,5-8,12-15H2,1-4H3/t16-,19-,21-,23+/m0/s1. The molecular weight excluding hydrogens is 432 g/mol. The van der Waals surface area contributed by atoms with Crippen molar-refractivity contribution in [3.63, 3.8) is 0 Å². The number of pyridine rings is 1. The topological polar surface area (TPSA) is 87.2 Å². The molecule has 3 rings (SSSR count). The highest BCUT2D eigenvalue weighted by Crippen LogP contribution is 2.40. The number of likely N-dealkylation sites (tertiary alicyclic amines) is 1. The number of methoxy groups -OCH3 is 2. The minimum absolute atomic E-state index is 0.0160. The van der Waals surface area contributed by atoms with E-state index in [0.717, 1.165) is 24.5 Å². The van der Waals surface area contributed by atoms with Crippen LogP contribution in [0.1, 0.15) is 45.2 Å². The summed E-state index contributed by atoms with van der Waals surface area (Å²) in [6, 6.07) is 3.40. The number of β-lactam (4-membered cyclic amide) rings is 1. The molecule has 8 nitrogen and oxygen atoms in total. The van der Waals surface area contributed by atoms with E-state index in [4.69, 9.17) is 18.9 Å². The number of amides is 1. The van der Waals surface area contributed by atoms with Gasteiger partial charge in [-0.1, -0.05) is 18.7 Å². The van der Waals surface area contributed by atoms with Crippen molar-refractivity contribution in [1.82, 2.24) is 9.88 Å². The molecule has 2 atom stereocenters. The zero-order valence-electron chi connectivity index (χ0n) is 19.4. The van der Waals surface area contributed by atoms with Gasteiger partial charge in [-0.05, 0) is 37.7 Å². The summed E-state index contributed by atoms with van der Waals surface area (Å²) in [5.41, 5.74) is -0.464. The van der Waals surface area contributed by atoms with Gasteiger partial charge >= 0.3 is 0 Å². The second-order valence-corrected chi connectivity index (χ2v) is 9.81. The summed E-state index contributed by atoms with van der Waals surface area (Å²) in [5, 5.41) is -0.0160. The van der Waals surface area contributed by atoms with E-state index in [1.165, 1.54) is 45.7 Å². The minimum Gasteiger partial charge on any atom is -0.490 e. The quantitative estimate of drug-likeness (QED) is 0.363. The molecule has 1 aliphatic heterocycles. The number of rotatable bonds is 11. The van der Waals surface area contributed by atoms with Crippen molar-refractivity contribution in [3.8, 4) is 5.75 Å². The van der Waals surface area contributed by atoms with Gasteiger partial charge in [-0.15, -0.1) is 0 Å². The molecule has 0 N–H and O–H groups in total. The third kappa shape index (κ3) is 5.81. The van der Waals surface area contributed by atoms with Gasteiger partial charge in [-0.25, -0.2) is 0 Å². The minimum atomic E-state index is -1.16. The van der Waals surface area contributed by atoms with Gasteiger partial charge in [0, 0.05) is 51.3 Å². The first kappa shape index (κ1) is 25.0. The van der Waals surface area contributed by atoms with Crippen molar-refractivity contribution in [2.45, 2.75) is 63.7 Å². The number of carbonyl (C=O) groups is 2. The molecule has 1 saturated carbocycles. The predicted molar refractivity (Wildman–Crippen MR) is 121 cm³/mol. The van der Waals surface area contributed by atoms with Crippen molar-refractivity contribution < 1.29 is 28.5 Å². The van der Waals surface area contributed by atoms with Gasteiger partial charge < -0.3 is 23.8 Å². The summed E-state index contributed by atoms with van der Waals surface area (Å²) in [5.74, 6) is 1.72. The molecule has 2 aliphatic rings. The summed E-state index contributed by atoms with van der Waals surface area (Å²) in [4.78, 5) is 30.9. The van der Waals surface area contributed by atoms with E-state index in [9.17, 15) is 9.59 Å². The molecule has 1 saturated heterocycles. The molecule has 0 unspecified atom stereocenters. The Balaban J connectivity index is 1.78. The lowest BCUT2D eigenvalue weighted by molar-refractivity contribution is -0.229. The first-order valence-corrected chi connectivity index (χ1v) is 12.1. The highest BCUT2D eigenvalue weighted by molar-refractivity contribution is 8.13.